The van der Waals surface area contributed by atoms with Crippen molar-refractivity contribution >= 4 is 13.1 Å². The van der Waals surface area contributed by atoms with E-state index >= 15 is 0 Å². The molecule has 1 rings (SSSR count). The molecule has 0 saturated heterocycles. The first-order valence-corrected chi connectivity index (χ1v) is 15.0. The molecular formula is C26H48NO4P. The summed E-state index contributed by atoms with van der Waals surface area (Å²) in [6.45, 7) is 10.6. The number of carbonyl (C=O) groups is 1. The second-order valence-electron chi connectivity index (χ2n) is 9.33. The third kappa shape index (κ3) is 10.9. The van der Waals surface area contributed by atoms with E-state index < -0.39 is 7.28 Å². The van der Waals surface area contributed by atoms with Gasteiger partial charge in [0.15, 0.2) is 0 Å². The van der Waals surface area contributed by atoms with Crippen molar-refractivity contribution in [3.63, 3.8) is 0 Å². The maximum atomic E-state index is 12.4. The number of benzene rings is 1. The zero-order valence-corrected chi connectivity index (χ0v) is 22.0. The van der Waals surface area contributed by atoms with Gasteiger partial charge in [-0.25, -0.2) is 0 Å². The minimum absolute atomic E-state index is 0.0945. The number of hydroxylamine groups is 1. The van der Waals surface area contributed by atoms with Crippen LogP contribution in [-0.4, -0.2) is 29.6 Å². The fourth-order valence-corrected chi connectivity index (χ4v) is 8.54. The summed E-state index contributed by atoms with van der Waals surface area (Å²) < 4.78 is 12.5. The molecule has 0 aliphatic rings. The zero-order chi connectivity index (χ0) is 23.9. The number of rotatable bonds is 19. The van der Waals surface area contributed by atoms with Gasteiger partial charge in [-0.15, -0.1) is 0 Å². The van der Waals surface area contributed by atoms with Crippen molar-refractivity contribution in [1.82, 2.24) is 5.48 Å². The number of hydrogen-bond donors (Lipinski definition) is 2. The number of nitrogens with one attached hydrogen (secondary N) is 1. The Morgan fingerprint density at radius 2 is 1.50 bits per heavy atom. The van der Waals surface area contributed by atoms with E-state index in [-0.39, 0.29) is 12.4 Å². The number of unbranched alkanes of at least 4 members (excludes halogenated alkanes) is 2. The van der Waals surface area contributed by atoms with Crippen LogP contribution in [0.3, 0.4) is 0 Å². The summed E-state index contributed by atoms with van der Waals surface area (Å²) in [7, 11) is -4.12. The van der Waals surface area contributed by atoms with Crippen LogP contribution in [0.15, 0.2) is 30.3 Å². The zero-order valence-electron chi connectivity index (χ0n) is 21.1. The predicted molar refractivity (Wildman–Crippen MR) is 136 cm³/mol. The molecule has 2 atom stereocenters. The molecule has 1 aromatic carbocycles. The summed E-state index contributed by atoms with van der Waals surface area (Å²) >= 11 is 0. The first kappa shape index (κ1) is 29.2. The van der Waals surface area contributed by atoms with Crippen LogP contribution >= 0.6 is 7.28 Å². The van der Waals surface area contributed by atoms with Gasteiger partial charge in [0, 0.05) is 0 Å². The van der Waals surface area contributed by atoms with Crippen LogP contribution < -0.4 is 5.48 Å². The molecule has 2 N–H and O–H groups in total. The molecule has 5 nitrogen and oxygen atoms in total. The van der Waals surface area contributed by atoms with Crippen molar-refractivity contribution in [2.24, 2.45) is 11.8 Å². The van der Waals surface area contributed by atoms with Gasteiger partial charge in [0.05, 0.1) is 0 Å². The molecule has 0 aliphatic carbocycles. The van der Waals surface area contributed by atoms with Gasteiger partial charge in [-0.2, -0.15) is 0 Å². The second-order valence-corrected chi connectivity index (χ2v) is 13.0. The topological polar surface area (TPSA) is 67.8 Å². The molecular weight excluding hydrogens is 421 g/mol. The normalized spacial score (nSPS) is 15.1. The number of carbonyl (C=O) groups excluding carboxylic acids is 1. The summed E-state index contributed by atoms with van der Waals surface area (Å²) in [6.07, 6.45) is 9.38. The molecule has 0 aromatic heterocycles. The molecule has 0 bridgehead atoms. The van der Waals surface area contributed by atoms with Gasteiger partial charge < -0.3 is 0 Å². The SMILES string of the molecule is CCCCC(CC)CP(O)(CC(CC)CCCC)(OCC(C)=O)ONCc1ccccc1. The van der Waals surface area contributed by atoms with E-state index in [2.05, 4.69) is 33.2 Å². The fourth-order valence-electron chi connectivity index (χ4n) is 4.23. The summed E-state index contributed by atoms with van der Waals surface area (Å²) in [5.74, 6) is 0.501. The molecule has 2 unspecified atom stereocenters. The molecule has 32 heavy (non-hydrogen) atoms. The Morgan fingerprint density at radius 3 is 1.94 bits per heavy atom. The van der Waals surface area contributed by atoms with Crippen molar-refractivity contribution in [2.75, 3.05) is 18.9 Å². The summed E-state index contributed by atoms with van der Waals surface area (Å²) in [6, 6.07) is 9.98. The average molecular weight is 470 g/mol. The number of ketones is 1. The van der Waals surface area contributed by atoms with Crippen LogP contribution in [0.2, 0.25) is 0 Å². The first-order valence-electron chi connectivity index (χ1n) is 12.6. The van der Waals surface area contributed by atoms with Crippen LogP contribution in [0.4, 0.5) is 0 Å². The van der Waals surface area contributed by atoms with E-state index in [0.717, 1.165) is 56.9 Å². The standard InChI is InChI=1S/C26H48NO4P/c1-6-10-15-24(8-3)21-32(29,30-20-23(5)28,22-25(9-4)16-11-7-2)31-27-19-26-17-13-12-14-18-26/h12-14,17-18,24-25,27,29H,6-11,15-16,19-22H2,1-5H3. The van der Waals surface area contributed by atoms with Crippen LogP contribution in [0.5, 0.6) is 0 Å². The molecule has 1 aromatic rings. The van der Waals surface area contributed by atoms with Gasteiger partial charge in [0.2, 0.25) is 0 Å². The van der Waals surface area contributed by atoms with Crippen molar-refractivity contribution in [3.05, 3.63) is 35.9 Å². The Bertz CT molecular complexity index is 622. The monoisotopic (exact) mass is 469 g/mol. The van der Waals surface area contributed by atoms with Gasteiger partial charge in [0.1, 0.15) is 0 Å². The van der Waals surface area contributed by atoms with E-state index in [1.54, 1.807) is 0 Å². The Hall–Kier alpha value is -0.840. The molecule has 0 saturated carbocycles. The van der Waals surface area contributed by atoms with Crippen LogP contribution in [0, 0.1) is 11.8 Å². The molecule has 0 radical (unpaired) electrons. The summed E-state index contributed by atoms with van der Waals surface area (Å²) in [5, 5.41) is 0. The molecule has 0 aliphatic heterocycles. The summed E-state index contributed by atoms with van der Waals surface area (Å²) in [5.41, 5.74) is 4.12. The van der Waals surface area contributed by atoms with Gasteiger partial charge >= 0.3 is 197 Å². The second kappa shape index (κ2) is 15.1. The number of Topliss-reactive ketones (excluding diaryl/α,β-unsaturated/α-hetero) is 1. The van der Waals surface area contributed by atoms with E-state index in [1.807, 2.05) is 30.3 Å². The first-order chi connectivity index (χ1) is 15.3. The molecule has 0 heterocycles. The Labute approximate surface area is 196 Å². The van der Waals surface area contributed by atoms with Crippen molar-refractivity contribution in [1.29, 1.82) is 0 Å². The van der Waals surface area contributed by atoms with Gasteiger partial charge in [-0.05, 0) is 0 Å². The maximum absolute atomic E-state index is 12.4. The Morgan fingerprint density at radius 1 is 0.969 bits per heavy atom. The third-order valence-electron chi connectivity index (χ3n) is 6.27. The van der Waals surface area contributed by atoms with Crippen molar-refractivity contribution < 1.29 is 18.8 Å². The third-order valence-corrected chi connectivity index (χ3v) is 10.0. The average Bonchev–Trinajstić information content (AvgIpc) is 2.79. The predicted octanol–water partition coefficient (Wildman–Crippen LogP) is 7.04. The quantitative estimate of drug-likeness (QED) is 0.168. The molecule has 0 spiro atoms. The van der Waals surface area contributed by atoms with Gasteiger partial charge in [-0.1, -0.05) is 0 Å². The molecule has 0 fully saturated rings. The fraction of sp³-hybridized carbons (Fsp3) is 0.731. The Kier molecular flexibility index (Phi) is 13.8. The van der Waals surface area contributed by atoms with E-state index in [1.165, 1.54) is 6.92 Å². The van der Waals surface area contributed by atoms with E-state index in [9.17, 15) is 9.69 Å². The van der Waals surface area contributed by atoms with Crippen LogP contribution in [-0.2, 0) is 20.5 Å². The molecule has 0 amide bonds. The molecule has 6 heteroatoms. The van der Waals surface area contributed by atoms with Gasteiger partial charge in [-0.3, -0.25) is 0 Å². The van der Waals surface area contributed by atoms with Crippen LogP contribution in [0.25, 0.3) is 0 Å². The van der Waals surface area contributed by atoms with Crippen molar-refractivity contribution in [3.8, 4) is 0 Å². The van der Waals surface area contributed by atoms with Crippen molar-refractivity contribution in [2.45, 2.75) is 92.5 Å². The molecule has 186 valence electrons. The van der Waals surface area contributed by atoms with E-state index in [0.29, 0.717) is 30.7 Å². The number of hydrogen-bond acceptors (Lipinski definition) is 5. The van der Waals surface area contributed by atoms with E-state index in [4.69, 9.17) is 9.15 Å². The van der Waals surface area contributed by atoms with Gasteiger partial charge in [0.25, 0.3) is 0 Å². The summed E-state index contributed by atoms with van der Waals surface area (Å²) in [4.78, 5) is 24.3. The Balaban J connectivity index is 3.20. The van der Waals surface area contributed by atoms with Crippen LogP contribution in [0.1, 0.15) is 91.5 Å². The minimum atomic E-state index is -4.12.